The van der Waals surface area contributed by atoms with E-state index < -0.39 is 24.6 Å². The van der Waals surface area contributed by atoms with E-state index >= 15 is 0 Å². The van der Waals surface area contributed by atoms with Crippen molar-refractivity contribution in [1.82, 2.24) is 0 Å². The summed E-state index contributed by atoms with van der Waals surface area (Å²) in [6.45, 7) is -0.709. The van der Waals surface area contributed by atoms with Crippen LogP contribution in [0.15, 0.2) is 18.2 Å². The van der Waals surface area contributed by atoms with E-state index in [2.05, 4.69) is 4.74 Å². The van der Waals surface area contributed by atoms with Crippen LogP contribution < -0.4 is 5.73 Å². The molecule has 4 N–H and O–H groups in total. The predicted octanol–water partition coefficient (Wildman–Crippen LogP) is 0.767. The average Bonchev–Trinajstić information content (AvgIpc) is 3.22. The number of esters is 1. The highest BCUT2D eigenvalue weighted by molar-refractivity contribution is 5.79. The average molecular weight is 279 g/mol. The molecule has 0 bridgehead atoms. The van der Waals surface area contributed by atoms with Crippen molar-refractivity contribution in [2.75, 3.05) is 6.61 Å². The highest BCUT2D eigenvalue weighted by atomic mass is 16.6. The van der Waals surface area contributed by atoms with Gasteiger partial charge in [0.15, 0.2) is 6.61 Å². The minimum Gasteiger partial charge on any atom is -0.508 e. The molecular formula is C14H17NO5. The van der Waals surface area contributed by atoms with Crippen LogP contribution in [0.25, 0.3) is 0 Å². The number of phenolic OH excluding ortho intramolecular Hbond substituents is 1. The van der Waals surface area contributed by atoms with Crippen LogP contribution in [0.4, 0.5) is 0 Å². The maximum atomic E-state index is 11.5. The molecular weight excluding hydrogens is 262 g/mol. The molecule has 1 saturated carbocycles. The molecule has 108 valence electrons. The quantitative estimate of drug-likeness (QED) is 0.663. The summed E-state index contributed by atoms with van der Waals surface area (Å²) in [5.41, 5.74) is 7.28. The fourth-order valence-electron chi connectivity index (χ4n) is 1.98. The fraction of sp³-hybridized carbons (Fsp3) is 0.429. The van der Waals surface area contributed by atoms with Crippen molar-refractivity contribution < 1.29 is 24.5 Å². The Bertz CT molecular complexity index is 524. The van der Waals surface area contributed by atoms with E-state index in [4.69, 9.17) is 10.8 Å². The second kappa shape index (κ2) is 5.92. The Hall–Kier alpha value is -2.08. The highest BCUT2D eigenvalue weighted by Crippen LogP contribution is 2.41. The third-order valence-corrected chi connectivity index (χ3v) is 3.24. The Morgan fingerprint density at radius 2 is 2.10 bits per heavy atom. The molecule has 0 aliphatic heterocycles. The van der Waals surface area contributed by atoms with Crippen LogP contribution >= 0.6 is 0 Å². The van der Waals surface area contributed by atoms with Crippen molar-refractivity contribution in [2.45, 2.75) is 31.2 Å². The highest BCUT2D eigenvalue weighted by Gasteiger charge is 2.25. The molecule has 6 nitrogen and oxygen atoms in total. The summed E-state index contributed by atoms with van der Waals surface area (Å²) in [6, 6.07) is 4.37. The number of rotatable bonds is 6. The molecule has 0 saturated heterocycles. The number of phenols is 1. The van der Waals surface area contributed by atoms with Gasteiger partial charge < -0.3 is 20.7 Å². The number of hydrogen-bond acceptors (Lipinski definition) is 5. The molecule has 20 heavy (non-hydrogen) atoms. The number of carboxylic acids is 1. The van der Waals surface area contributed by atoms with Crippen LogP contribution in [-0.4, -0.2) is 34.8 Å². The van der Waals surface area contributed by atoms with E-state index in [0.717, 1.165) is 18.4 Å². The summed E-state index contributed by atoms with van der Waals surface area (Å²) in [6.07, 6.45) is 2.38. The van der Waals surface area contributed by atoms with E-state index in [1.165, 1.54) is 0 Å². The van der Waals surface area contributed by atoms with Gasteiger partial charge in [-0.05, 0) is 36.0 Å². The molecule has 2 rings (SSSR count). The minimum atomic E-state index is -1.23. The molecule has 0 amide bonds. The van der Waals surface area contributed by atoms with E-state index in [-0.39, 0.29) is 12.2 Å². The largest absolute Gasteiger partial charge is 0.508 e. The van der Waals surface area contributed by atoms with Crippen LogP contribution in [-0.2, 0) is 20.7 Å². The summed E-state index contributed by atoms with van der Waals surface area (Å²) in [4.78, 5) is 21.7. The van der Waals surface area contributed by atoms with Crippen molar-refractivity contribution in [3.63, 3.8) is 0 Å². The molecule has 1 aliphatic rings. The van der Waals surface area contributed by atoms with Crippen LogP contribution in [0.1, 0.15) is 29.9 Å². The van der Waals surface area contributed by atoms with E-state index in [0.29, 0.717) is 11.5 Å². The molecule has 1 unspecified atom stereocenters. The monoisotopic (exact) mass is 279 g/mol. The number of carbonyl (C=O) groups is 2. The first kappa shape index (κ1) is 14.3. The second-order valence-corrected chi connectivity index (χ2v) is 4.97. The Kier molecular flexibility index (Phi) is 4.24. The third-order valence-electron chi connectivity index (χ3n) is 3.24. The lowest BCUT2D eigenvalue weighted by atomic mass is 10.0. The van der Waals surface area contributed by atoms with Crippen molar-refractivity contribution in [2.24, 2.45) is 5.73 Å². The van der Waals surface area contributed by atoms with Gasteiger partial charge in [0.2, 0.25) is 0 Å². The number of aliphatic carboxylic acids is 1. The molecule has 0 spiro atoms. The number of aromatic hydroxyl groups is 1. The van der Waals surface area contributed by atoms with Crippen molar-refractivity contribution in [3.05, 3.63) is 29.3 Å². The van der Waals surface area contributed by atoms with E-state index in [1.807, 2.05) is 6.07 Å². The summed E-state index contributed by atoms with van der Waals surface area (Å²) in [5, 5.41) is 18.3. The lowest BCUT2D eigenvalue weighted by molar-refractivity contribution is -0.156. The third kappa shape index (κ3) is 3.71. The van der Waals surface area contributed by atoms with Gasteiger partial charge in [-0.3, -0.25) is 4.79 Å². The number of hydrogen-bond donors (Lipinski definition) is 3. The smallest absolute Gasteiger partial charge is 0.341 e. The van der Waals surface area contributed by atoms with Gasteiger partial charge in [-0.15, -0.1) is 0 Å². The first-order chi connectivity index (χ1) is 9.47. The van der Waals surface area contributed by atoms with Gasteiger partial charge in [-0.1, -0.05) is 12.1 Å². The number of benzene rings is 1. The molecule has 1 aliphatic carbocycles. The molecule has 1 aromatic carbocycles. The zero-order valence-electron chi connectivity index (χ0n) is 10.9. The predicted molar refractivity (Wildman–Crippen MR) is 70.4 cm³/mol. The number of carboxylic acid groups (broad SMARTS) is 1. The Labute approximate surface area is 116 Å². The molecule has 1 fully saturated rings. The molecule has 0 heterocycles. The Balaban J connectivity index is 1.94. The summed E-state index contributed by atoms with van der Waals surface area (Å²) in [5.74, 6) is -1.39. The lowest BCUT2D eigenvalue weighted by Crippen LogP contribution is -2.35. The van der Waals surface area contributed by atoms with Gasteiger partial charge in [-0.25, -0.2) is 4.79 Å². The maximum Gasteiger partial charge on any atom is 0.341 e. The maximum absolute atomic E-state index is 11.5. The normalized spacial score (nSPS) is 15.7. The van der Waals surface area contributed by atoms with Crippen molar-refractivity contribution in [1.29, 1.82) is 0 Å². The molecule has 1 atom stereocenters. The summed E-state index contributed by atoms with van der Waals surface area (Å²) in [7, 11) is 0. The van der Waals surface area contributed by atoms with Crippen LogP contribution in [0, 0.1) is 0 Å². The summed E-state index contributed by atoms with van der Waals surface area (Å²) >= 11 is 0. The number of ether oxygens (including phenoxy) is 1. The lowest BCUT2D eigenvalue weighted by Gasteiger charge is -2.12. The van der Waals surface area contributed by atoms with Gasteiger partial charge in [-0.2, -0.15) is 0 Å². The molecule has 0 radical (unpaired) electrons. The Morgan fingerprint density at radius 3 is 2.65 bits per heavy atom. The zero-order chi connectivity index (χ0) is 14.7. The second-order valence-electron chi connectivity index (χ2n) is 4.97. The topological polar surface area (TPSA) is 110 Å². The Morgan fingerprint density at radius 1 is 1.40 bits per heavy atom. The SMILES string of the molecule is NC(Cc1ccc(C2CC2)cc1O)C(=O)OCC(=O)O. The van der Waals surface area contributed by atoms with E-state index in [1.54, 1.807) is 12.1 Å². The number of carbonyl (C=O) groups excluding carboxylic acids is 1. The van der Waals surface area contributed by atoms with Gasteiger partial charge in [0, 0.05) is 6.42 Å². The first-order valence-electron chi connectivity index (χ1n) is 6.43. The van der Waals surface area contributed by atoms with E-state index in [9.17, 15) is 14.7 Å². The van der Waals surface area contributed by atoms with Gasteiger partial charge in [0.25, 0.3) is 0 Å². The van der Waals surface area contributed by atoms with Crippen molar-refractivity contribution in [3.8, 4) is 5.75 Å². The fourth-order valence-corrected chi connectivity index (χ4v) is 1.98. The standard InChI is InChI=1S/C14H17NO5/c15-11(14(19)20-7-13(17)18)5-10-4-3-9(6-12(10)16)8-1-2-8/h3-4,6,8,11,16H,1-2,5,7,15H2,(H,17,18). The molecule has 6 heteroatoms. The van der Waals surface area contributed by atoms with Gasteiger partial charge >= 0.3 is 11.9 Å². The minimum absolute atomic E-state index is 0.106. The number of nitrogens with two attached hydrogens (primary N) is 1. The van der Waals surface area contributed by atoms with Crippen LogP contribution in [0.3, 0.4) is 0 Å². The zero-order valence-corrected chi connectivity index (χ0v) is 10.9. The molecule has 0 aromatic heterocycles. The summed E-state index contributed by atoms with van der Waals surface area (Å²) < 4.78 is 4.50. The van der Waals surface area contributed by atoms with Crippen molar-refractivity contribution >= 4 is 11.9 Å². The van der Waals surface area contributed by atoms with Gasteiger partial charge in [0.05, 0.1) is 0 Å². The van der Waals surface area contributed by atoms with Crippen LogP contribution in [0.2, 0.25) is 0 Å². The molecule has 1 aromatic rings. The first-order valence-corrected chi connectivity index (χ1v) is 6.43. The van der Waals surface area contributed by atoms with Crippen LogP contribution in [0.5, 0.6) is 5.75 Å². The van der Waals surface area contributed by atoms with Gasteiger partial charge in [0.1, 0.15) is 11.8 Å².